The maximum absolute atomic E-state index is 14.7. The Morgan fingerprint density at radius 1 is 1.35 bits per heavy atom. The van der Waals surface area contributed by atoms with Gasteiger partial charge < -0.3 is 21.3 Å². The second-order valence-corrected chi connectivity index (χ2v) is 8.85. The number of halogens is 2. The number of carbonyl (C=O) groups is 1. The molecule has 0 bridgehead atoms. The highest BCUT2D eigenvalue weighted by atomic mass is 32.1. The molecule has 1 fully saturated rings. The number of pyridine rings is 1. The van der Waals surface area contributed by atoms with Gasteiger partial charge in [0.15, 0.2) is 0 Å². The summed E-state index contributed by atoms with van der Waals surface area (Å²) < 4.78 is 29.3. The summed E-state index contributed by atoms with van der Waals surface area (Å²) in [6, 6.07) is 6.38. The van der Waals surface area contributed by atoms with Crippen LogP contribution in [0.5, 0.6) is 0 Å². The van der Waals surface area contributed by atoms with E-state index < -0.39 is 11.6 Å². The highest BCUT2D eigenvalue weighted by Crippen LogP contribution is 2.32. The van der Waals surface area contributed by atoms with Crippen LogP contribution in [0.3, 0.4) is 0 Å². The lowest BCUT2D eigenvalue weighted by Gasteiger charge is -2.34. The first-order chi connectivity index (χ1) is 14.8. The standard InChI is InChI=1S/C22H25F2N5OS/c1-12-3-4-15-19(25)20(31-22(15)28-12)21(30)27-6-5-14-9-17(24)18(10-16(14)23)29-8-7-26-13(2)11-29/h3-4,9-10,13,26H,5-8,11,25H2,1-2H3,(H,27,30)/t13-/m0/s1. The summed E-state index contributed by atoms with van der Waals surface area (Å²) in [4.78, 5) is 19.9. The first-order valence-electron chi connectivity index (χ1n) is 10.2. The van der Waals surface area contributed by atoms with Gasteiger partial charge in [0.1, 0.15) is 21.3 Å². The number of carbonyl (C=O) groups excluding carboxylic acids is 1. The third-order valence-electron chi connectivity index (χ3n) is 5.44. The normalized spacial score (nSPS) is 16.6. The molecule has 4 N–H and O–H groups in total. The maximum Gasteiger partial charge on any atom is 0.263 e. The molecule has 1 saturated heterocycles. The van der Waals surface area contributed by atoms with Gasteiger partial charge in [-0.3, -0.25) is 4.79 Å². The molecule has 0 spiro atoms. The van der Waals surface area contributed by atoms with Gasteiger partial charge in [0.2, 0.25) is 0 Å². The van der Waals surface area contributed by atoms with Crippen LogP contribution in [-0.2, 0) is 6.42 Å². The zero-order chi connectivity index (χ0) is 22.1. The zero-order valence-corrected chi connectivity index (χ0v) is 18.3. The van der Waals surface area contributed by atoms with Crippen molar-refractivity contribution in [1.82, 2.24) is 15.6 Å². The topological polar surface area (TPSA) is 83.3 Å². The summed E-state index contributed by atoms with van der Waals surface area (Å²) in [5, 5.41) is 6.78. The van der Waals surface area contributed by atoms with Crippen LogP contribution in [0.25, 0.3) is 10.2 Å². The largest absolute Gasteiger partial charge is 0.397 e. The number of anilines is 2. The fraction of sp³-hybridized carbons (Fsp3) is 0.364. The van der Waals surface area contributed by atoms with Crippen molar-refractivity contribution in [2.45, 2.75) is 26.3 Å². The number of aryl methyl sites for hydroxylation is 1. The molecule has 1 aromatic carbocycles. The molecule has 6 nitrogen and oxygen atoms in total. The molecule has 9 heteroatoms. The molecule has 1 amide bonds. The van der Waals surface area contributed by atoms with E-state index in [4.69, 9.17) is 5.73 Å². The first-order valence-corrected chi connectivity index (χ1v) is 11.0. The van der Waals surface area contributed by atoms with Gasteiger partial charge >= 0.3 is 0 Å². The molecule has 3 aromatic rings. The SMILES string of the molecule is Cc1ccc2c(N)c(C(=O)NCCc3cc(F)c(N4CCN[C@@H](C)C4)cc3F)sc2n1. The number of nitrogens with zero attached hydrogens (tertiary/aromatic N) is 2. The summed E-state index contributed by atoms with van der Waals surface area (Å²) in [6.45, 7) is 6.03. The number of nitrogens with two attached hydrogens (primary N) is 1. The molecule has 0 aliphatic carbocycles. The summed E-state index contributed by atoms with van der Waals surface area (Å²) >= 11 is 1.22. The minimum Gasteiger partial charge on any atom is -0.397 e. The van der Waals surface area contributed by atoms with Crippen LogP contribution in [0.15, 0.2) is 24.3 Å². The van der Waals surface area contributed by atoms with Gasteiger partial charge in [-0.2, -0.15) is 0 Å². The number of hydrogen-bond acceptors (Lipinski definition) is 6. The molecular weight excluding hydrogens is 420 g/mol. The zero-order valence-electron chi connectivity index (χ0n) is 17.5. The predicted molar refractivity (Wildman–Crippen MR) is 121 cm³/mol. The second kappa shape index (κ2) is 8.76. The van der Waals surface area contributed by atoms with Crippen molar-refractivity contribution in [2.75, 3.05) is 36.8 Å². The van der Waals surface area contributed by atoms with E-state index in [2.05, 4.69) is 15.6 Å². The average molecular weight is 446 g/mol. The number of nitrogens with one attached hydrogen (secondary N) is 2. The quantitative estimate of drug-likeness (QED) is 0.562. The van der Waals surface area contributed by atoms with E-state index in [1.165, 1.54) is 23.5 Å². The Morgan fingerprint density at radius 3 is 2.94 bits per heavy atom. The number of nitrogen functional groups attached to an aromatic ring is 1. The van der Waals surface area contributed by atoms with Crippen molar-refractivity contribution in [3.8, 4) is 0 Å². The minimum absolute atomic E-state index is 0.166. The third kappa shape index (κ3) is 4.47. The van der Waals surface area contributed by atoms with Crippen LogP contribution in [-0.4, -0.2) is 43.1 Å². The van der Waals surface area contributed by atoms with Gasteiger partial charge in [-0.05, 0) is 44.0 Å². The molecule has 1 aliphatic heterocycles. The number of amides is 1. The van der Waals surface area contributed by atoms with E-state index in [0.717, 1.165) is 17.6 Å². The molecular formula is C22H25F2N5OS. The predicted octanol–water partition coefficient (Wildman–Crippen LogP) is 3.24. The Balaban J connectivity index is 1.42. The van der Waals surface area contributed by atoms with E-state index in [0.29, 0.717) is 28.5 Å². The van der Waals surface area contributed by atoms with Crippen LogP contribution < -0.4 is 21.3 Å². The highest BCUT2D eigenvalue weighted by Gasteiger charge is 2.21. The molecule has 4 rings (SSSR count). The molecule has 31 heavy (non-hydrogen) atoms. The van der Waals surface area contributed by atoms with Crippen LogP contribution in [0.1, 0.15) is 27.9 Å². The number of aromatic nitrogens is 1. The lowest BCUT2D eigenvalue weighted by molar-refractivity contribution is 0.0959. The Kier molecular flexibility index (Phi) is 6.06. The Labute approximate surface area is 183 Å². The number of thiophene rings is 1. The Bertz CT molecular complexity index is 1130. The van der Waals surface area contributed by atoms with Gasteiger partial charge in [-0.25, -0.2) is 13.8 Å². The fourth-order valence-electron chi connectivity index (χ4n) is 3.81. The van der Waals surface area contributed by atoms with Gasteiger partial charge in [0.05, 0.1) is 11.4 Å². The van der Waals surface area contributed by atoms with Crippen LogP contribution >= 0.6 is 11.3 Å². The van der Waals surface area contributed by atoms with Gasteiger partial charge in [-0.15, -0.1) is 11.3 Å². The van der Waals surface area contributed by atoms with Crippen molar-refractivity contribution in [3.05, 3.63) is 52.0 Å². The van der Waals surface area contributed by atoms with Gasteiger partial charge in [-0.1, -0.05) is 0 Å². The molecule has 1 atom stereocenters. The van der Waals surface area contributed by atoms with Crippen molar-refractivity contribution in [1.29, 1.82) is 0 Å². The number of benzene rings is 1. The lowest BCUT2D eigenvalue weighted by Crippen LogP contribution is -2.49. The molecule has 0 unspecified atom stereocenters. The van der Waals surface area contributed by atoms with Crippen molar-refractivity contribution in [2.24, 2.45) is 0 Å². The molecule has 0 saturated carbocycles. The molecule has 164 valence electrons. The average Bonchev–Trinajstić information content (AvgIpc) is 3.06. The van der Waals surface area contributed by atoms with Crippen LogP contribution in [0.4, 0.5) is 20.2 Å². The molecule has 1 aliphatic rings. The molecule has 0 radical (unpaired) electrons. The van der Waals surface area contributed by atoms with Crippen molar-refractivity contribution in [3.63, 3.8) is 0 Å². The van der Waals surface area contributed by atoms with Crippen LogP contribution in [0, 0.1) is 18.6 Å². The highest BCUT2D eigenvalue weighted by molar-refractivity contribution is 7.21. The summed E-state index contributed by atoms with van der Waals surface area (Å²) in [5.74, 6) is -1.27. The van der Waals surface area contributed by atoms with Crippen molar-refractivity contribution < 1.29 is 13.6 Å². The summed E-state index contributed by atoms with van der Waals surface area (Å²) in [7, 11) is 0. The molecule has 3 heterocycles. The lowest BCUT2D eigenvalue weighted by atomic mass is 10.1. The summed E-state index contributed by atoms with van der Waals surface area (Å²) in [5.41, 5.74) is 7.84. The minimum atomic E-state index is -0.474. The number of fused-ring (bicyclic) bond motifs is 1. The number of piperazine rings is 1. The van der Waals surface area contributed by atoms with E-state index in [1.807, 2.05) is 30.9 Å². The molecule has 2 aromatic heterocycles. The number of rotatable bonds is 5. The fourth-order valence-corrected chi connectivity index (χ4v) is 4.87. The van der Waals surface area contributed by atoms with Gasteiger partial charge in [0.25, 0.3) is 5.91 Å². The first kappa shape index (κ1) is 21.5. The Hall–Kier alpha value is -2.78. The smallest absolute Gasteiger partial charge is 0.263 e. The second-order valence-electron chi connectivity index (χ2n) is 7.85. The number of hydrogen-bond donors (Lipinski definition) is 3. The Morgan fingerprint density at radius 2 is 2.16 bits per heavy atom. The van der Waals surface area contributed by atoms with E-state index in [1.54, 1.807) is 0 Å². The monoisotopic (exact) mass is 445 g/mol. The van der Waals surface area contributed by atoms with Crippen LogP contribution in [0.2, 0.25) is 0 Å². The summed E-state index contributed by atoms with van der Waals surface area (Å²) in [6.07, 6.45) is 0.175. The van der Waals surface area contributed by atoms with Crippen molar-refractivity contribution >= 4 is 38.8 Å². The van der Waals surface area contributed by atoms with E-state index >= 15 is 0 Å². The van der Waals surface area contributed by atoms with Gasteiger partial charge in [0, 0.05) is 49.4 Å². The van der Waals surface area contributed by atoms with E-state index in [9.17, 15) is 13.6 Å². The van der Waals surface area contributed by atoms with E-state index in [-0.39, 0.29) is 36.2 Å². The third-order valence-corrected chi connectivity index (χ3v) is 6.56. The maximum atomic E-state index is 14.7.